The van der Waals surface area contributed by atoms with Gasteiger partial charge in [0.15, 0.2) is 0 Å². The molecule has 0 aliphatic rings. The fraction of sp³-hybridized carbons (Fsp3) is 0.500. The Kier molecular flexibility index (Phi) is 6.43. The lowest BCUT2D eigenvalue weighted by atomic mass is 10.0. The predicted molar refractivity (Wildman–Crippen MR) is 74.9 cm³/mol. The first-order valence-corrected chi connectivity index (χ1v) is 6.53. The maximum atomic E-state index is 3.56. The predicted octanol–water partition coefficient (Wildman–Crippen LogP) is 3.70. The highest BCUT2D eigenvalue weighted by Crippen LogP contribution is 2.17. The molecule has 1 atom stereocenters. The van der Waals surface area contributed by atoms with Crippen LogP contribution >= 0.6 is 0 Å². The maximum absolute atomic E-state index is 3.56. The van der Waals surface area contributed by atoms with Gasteiger partial charge in [0.25, 0.3) is 0 Å². The van der Waals surface area contributed by atoms with Crippen molar-refractivity contribution in [1.29, 1.82) is 0 Å². The van der Waals surface area contributed by atoms with Gasteiger partial charge in [-0.05, 0) is 30.9 Å². The summed E-state index contributed by atoms with van der Waals surface area (Å²) in [5.74, 6) is 6.01. The summed E-state index contributed by atoms with van der Waals surface area (Å²) in [4.78, 5) is 0. The molecule has 92 valence electrons. The van der Waals surface area contributed by atoms with E-state index in [1.54, 1.807) is 0 Å². The Hall–Kier alpha value is -1.26. The molecule has 1 rings (SSSR count). The van der Waals surface area contributed by atoms with Crippen LogP contribution in [0.5, 0.6) is 0 Å². The smallest absolute Gasteiger partial charge is 0.0318 e. The van der Waals surface area contributed by atoms with Gasteiger partial charge in [-0.25, -0.2) is 0 Å². The molecule has 0 saturated carbocycles. The van der Waals surface area contributed by atoms with Gasteiger partial charge in [0, 0.05) is 19.0 Å². The fourth-order valence-electron chi connectivity index (χ4n) is 1.92. The van der Waals surface area contributed by atoms with Crippen LogP contribution in [0.3, 0.4) is 0 Å². The van der Waals surface area contributed by atoms with Crippen LogP contribution in [0.2, 0.25) is 0 Å². The minimum Gasteiger partial charge on any atom is -0.309 e. The van der Waals surface area contributed by atoms with E-state index < -0.39 is 0 Å². The molecule has 0 bridgehead atoms. The van der Waals surface area contributed by atoms with E-state index in [0.717, 1.165) is 25.8 Å². The molecule has 1 aromatic rings. The van der Waals surface area contributed by atoms with Crippen molar-refractivity contribution in [3.63, 3.8) is 0 Å². The molecule has 17 heavy (non-hydrogen) atoms. The Morgan fingerprint density at radius 3 is 2.41 bits per heavy atom. The monoisotopic (exact) mass is 229 g/mol. The average molecular weight is 229 g/mol. The van der Waals surface area contributed by atoms with Gasteiger partial charge >= 0.3 is 0 Å². The molecule has 0 aliphatic heterocycles. The third-order valence-corrected chi connectivity index (χ3v) is 3.02. The number of aryl methyl sites for hydroxylation is 1. The SMILES string of the molecule is CC#CCCNC(CC)c1ccc(CC)cc1. The number of hydrogen-bond acceptors (Lipinski definition) is 1. The minimum atomic E-state index is 0.458. The van der Waals surface area contributed by atoms with Crippen LogP contribution in [0.25, 0.3) is 0 Å². The molecule has 0 fully saturated rings. The number of benzene rings is 1. The molecule has 1 N–H and O–H groups in total. The zero-order chi connectivity index (χ0) is 12.5. The van der Waals surface area contributed by atoms with E-state index in [1.165, 1.54) is 11.1 Å². The van der Waals surface area contributed by atoms with Gasteiger partial charge in [-0.1, -0.05) is 38.1 Å². The van der Waals surface area contributed by atoms with E-state index in [4.69, 9.17) is 0 Å². The van der Waals surface area contributed by atoms with Crippen LogP contribution in [0.1, 0.15) is 50.8 Å². The van der Waals surface area contributed by atoms with Crippen LogP contribution < -0.4 is 5.32 Å². The number of hydrogen-bond donors (Lipinski definition) is 1. The van der Waals surface area contributed by atoms with E-state index in [0.29, 0.717) is 6.04 Å². The highest BCUT2D eigenvalue weighted by Gasteiger charge is 2.07. The summed E-state index contributed by atoms with van der Waals surface area (Å²) in [6.07, 6.45) is 3.15. The van der Waals surface area contributed by atoms with E-state index >= 15 is 0 Å². The Bertz CT molecular complexity index is 367. The molecule has 0 radical (unpaired) electrons. The Labute approximate surface area is 106 Å². The first-order valence-electron chi connectivity index (χ1n) is 6.53. The highest BCUT2D eigenvalue weighted by atomic mass is 14.9. The van der Waals surface area contributed by atoms with Crippen LogP contribution in [0, 0.1) is 11.8 Å². The lowest BCUT2D eigenvalue weighted by Crippen LogP contribution is -2.21. The average Bonchev–Trinajstić information content (AvgIpc) is 2.39. The molecular weight excluding hydrogens is 206 g/mol. The summed E-state index contributed by atoms with van der Waals surface area (Å²) in [6, 6.07) is 9.40. The molecule has 0 saturated heterocycles. The van der Waals surface area contributed by atoms with Gasteiger partial charge in [-0.15, -0.1) is 11.8 Å². The standard InChI is InChI=1S/C16H23N/c1-4-7-8-13-17-16(6-3)15-11-9-14(5-2)10-12-15/h9-12,16-17H,5-6,8,13H2,1-3H3. The van der Waals surface area contributed by atoms with Gasteiger partial charge in [0.2, 0.25) is 0 Å². The largest absolute Gasteiger partial charge is 0.309 e. The summed E-state index contributed by atoms with van der Waals surface area (Å²) in [5.41, 5.74) is 2.79. The molecule has 0 aromatic heterocycles. The van der Waals surface area contributed by atoms with Crippen molar-refractivity contribution in [3.05, 3.63) is 35.4 Å². The third-order valence-electron chi connectivity index (χ3n) is 3.02. The molecular formula is C16H23N. The van der Waals surface area contributed by atoms with Gasteiger partial charge in [-0.2, -0.15) is 0 Å². The van der Waals surface area contributed by atoms with Crippen molar-refractivity contribution in [2.24, 2.45) is 0 Å². The Balaban J connectivity index is 2.55. The molecule has 1 heteroatoms. The van der Waals surface area contributed by atoms with Crippen LogP contribution in [-0.2, 0) is 6.42 Å². The second-order valence-corrected chi connectivity index (χ2v) is 4.19. The van der Waals surface area contributed by atoms with Crippen molar-refractivity contribution in [2.45, 2.75) is 46.1 Å². The maximum Gasteiger partial charge on any atom is 0.0318 e. The lowest BCUT2D eigenvalue weighted by Gasteiger charge is -2.17. The van der Waals surface area contributed by atoms with Gasteiger partial charge in [0.1, 0.15) is 0 Å². The van der Waals surface area contributed by atoms with Gasteiger partial charge in [-0.3, -0.25) is 0 Å². The van der Waals surface area contributed by atoms with E-state index in [9.17, 15) is 0 Å². The summed E-state index contributed by atoms with van der Waals surface area (Å²) < 4.78 is 0. The molecule has 0 heterocycles. The highest BCUT2D eigenvalue weighted by molar-refractivity contribution is 5.25. The Morgan fingerprint density at radius 2 is 1.88 bits per heavy atom. The van der Waals surface area contributed by atoms with Crippen molar-refractivity contribution in [2.75, 3.05) is 6.54 Å². The summed E-state index contributed by atoms with van der Waals surface area (Å²) in [7, 11) is 0. The zero-order valence-electron chi connectivity index (χ0n) is 11.2. The molecule has 1 unspecified atom stereocenters. The van der Waals surface area contributed by atoms with Crippen LogP contribution in [0.15, 0.2) is 24.3 Å². The molecule has 0 aliphatic carbocycles. The number of nitrogens with one attached hydrogen (secondary N) is 1. The molecule has 0 spiro atoms. The first-order chi connectivity index (χ1) is 8.31. The summed E-state index contributed by atoms with van der Waals surface area (Å²) in [5, 5.41) is 3.56. The van der Waals surface area contributed by atoms with Crippen molar-refractivity contribution < 1.29 is 0 Å². The minimum absolute atomic E-state index is 0.458. The van der Waals surface area contributed by atoms with Crippen molar-refractivity contribution >= 4 is 0 Å². The van der Waals surface area contributed by atoms with E-state index in [1.807, 2.05) is 6.92 Å². The van der Waals surface area contributed by atoms with E-state index in [2.05, 4.69) is 55.3 Å². The van der Waals surface area contributed by atoms with Crippen LogP contribution in [-0.4, -0.2) is 6.54 Å². The first kappa shape index (κ1) is 13.8. The summed E-state index contributed by atoms with van der Waals surface area (Å²) >= 11 is 0. The number of rotatable bonds is 6. The fourth-order valence-corrected chi connectivity index (χ4v) is 1.92. The topological polar surface area (TPSA) is 12.0 Å². The third kappa shape index (κ3) is 4.63. The van der Waals surface area contributed by atoms with Crippen molar-refractivity contribution in [3.8, 4) is 11.8 Å². The second kappa shape index (κ2) is 7.92. The molecule has 0 amide bonds. The lowest BCUT2D eigenvalue weighted by molar-refractivity contribution is 0.527. The Morgan fingerprint density at radius 1 is 1.18 bits per heavy atom. The molecule has 1 aromatic carbocycles. The molecule has 1 nitrogen and oxygen atoms in total. The normalized spacial score (nSPS) is 11.7. The van der Waals surface area contributed by atoms with Crippen molar-refractivity contribution in [1.82, 2.24) is 5.32 Å². The van der Waals surface area contributed by atoms with E-state index in [-0.39, 0.29) is 0 Å². The van der Waals surface area contributed by atoms with Crippen LogP contribution in [0.4, 0.5) is 0 Å². The van der Waals surface area contributed by atoms with Gasteiger partial charge < -0.3 is 5.32 Å². The zero-order valence-corrected chi connectivity index (χ0v) is 11.2. The summed E-state index contributed by atoms with van der Waals surface area (Å²) in [6.45, 7) is 7.26. The van der Waals surface area contributed by atoms with Gasteiger partial charge in [0.05, 0.1) is 0 Å². The quantitative estimate of drug-likeness (QED) is 0.579. The second-order valence-electron chi connectivity index (χ2n) is 4.19.